The summed E-state index contributed by atoms with van der Waals surface area (Å²) in [6, 6.07) is 16.9. The molecule has 0 aliphatic heterocycles. The molecule has 3 aromatic rings. The molecule has 0 aliphatic carbocycles. The van der Waals surface area contributed by atoms with Crippen LogP contribution in [0.1, 0.15) is 15.9 Å². The Balaban J connectivity index is 1.67. The van der Waals surface area contributed by atoms with Gasteiger partial charge in [-0.25, -0.2) is 8.42 Å². The van der Waals surface area contributed by atoms with E-state index in [9.17, 15) is 13.2 Å². The van der Waals surface area contributed by atoms with Crippen LogP contribution in [0.3, 0.4) is 0 Å². The van der Waals surface area contributed by atoms with E-state index in [-0.39, 0.29) is 30.5 Å². The molecule has 198 valence electrons. The lowest BCUT2D eigenvalue weighted by Gasteiger charge is -2.25. The van der Waals surface area contributed by atoms with Crippen LogP contribution in [-0.2, 0) is 16.6 Å². The maximum atomic E-state index is 12.7. The number of amides is 1. The molecule has 0 unspecified atom stereocenters. The Hall–Kier alpha value is -3.63. The number of para-hydroxylation sites is 2. The molecule has 0 bridgehead atoms. The minimum absolute atomic E-state index is 0.00856. The number of methoxy groups -OCH3 is 3. The maximum absolute atomic E-state index is 12.7. The number of carbonyl (C=O) groups excluding carboxylic acids is 1. The van der Waals surface area contributed by atoms with Crippen molar-refractivity contribution < 1.29 is 32.2 Å². The summed E-state index contributed by atoms with van der Waals surface area (Å²) in [5.74, 6) is 1.52. The first-order valence-corrected chi connectivity index (χ1v) is 13.4. The minimum atomic E-state index is -3.70. The Labute approximate surface area is 221 Å². The number of anilines is 1. The summed E-state index contributed by atoms with van der Waals surface area (Å²) in [6.07, 6.45) is 1.10. The van der Waals surface area contributed by atoms with E-state index in [4.69, 9.17) is 30.5 Å². The van der Waals surface area contributed by atoms with Gasteiger partial charge in [-0.15, -0.1) is 0 Å². The molecule has 9 nitrogen and oxygen atoms in total. The average molecular weight is 549 g/mol. The topological polar surface area (TPSA) is 103 Å². The van der Waals surface area contributed by atoms with Crippen molar-refractivity contribution in [3.63, 3.8) is 0 Å². The predicted molar refractivity (Wildman–Crippen MR) is 143 cm³/mol. The van der Waals surface area contributed by atoms with Gasteiger partial charge in [0.2, 0.25) is 10.0 Å². The van der Waals surface area contributed by atoms with Gasteiger partial charge in [-0.1, -0.05) is 35.9 Å². The third kappa shape index (κ3) is 7.21. The van der Waals surface area contributed by atoms with E-state index in [0.717, 1.165) is 6.26 Å². The number of ether oxygens (including phenoxy) is 4. The summed E-state index contributed by atoms with van der Waals surface area (Å²) in [6.45, 7) is 0.563. The third-order valence-electron chi connectivity index (χ3n) is 5.38. The molecule has 0 radical (unpaired) electrons. The van der Waals surface area contributed by atoms with Crippen LogP contribution in [0.4, 0.5) is 5.69 Å². The van der Waals surface area contributed by atoms with E-state index in [1.165, 1.54) is 30.7 Å². The highest BCUT2D eigenvalue weighted by atomic mass is 35.5. The highest BCUT2D eigenvalue weighted by molar-refractivity contribution is 7.92. The molecule has 3 rings (SSSR count). The van der Waals surface area contributed by atoms with Gasteiger partial charge in [-0.2, -0.15) is 0 Å². The number of halogens is 1. The van der Waals surface area contributed by atoms with Gasteiger partial charge in [0.1, 0.15) is 18.1 Å². The van der Waals surface area contributed by atoms with Gasteiger partial charge in [-0.3, -0.25) is 9.10 Å². The van der Waals surface area contributed by atoms with Gasteiger partial charge in [0, 0.05) is 17.7 Å². The highest BCUT2D eigenvalue weighted by Gasteiger charge is 2.24. The number of benzene rings is 3. The normalized spacial score (nSPS) is 10.9. The van der Waals surface area contributed by atoms with E-state index in [1.807, 2.05) is 12.1 Å². The summed E-state index contributed by atoms with van der Waals surface area (Å²) in [5.41, 5.74) is 1.37. The van der Waals surface area contributed by atoms with E-state index in [2.05, 4.69) is 5.32 Å². The smallest absolute Gasteiger partial charge is 0.251 e. The molecule has 0 spiro atoms. The van der Waals surface area contributed by atoms with Crippen molar-refractivity contribution in [2.45, 2.75) is 6.54 Å². The second-order valence-electron chi connectivity index (χ2n) is 7.88. The van der Waals surface area contributed by atoms with Crippen LogP contribution in [0.25, 0.3) is 0 Å². The van der Waals surface area contributed by atoms with Crippen molar-refractivity contribution in [3.8, 4) is 23.0 Å². The molecule has 0 atom stereocenters. The number of hydrogen-bond donors (Lipinski definition) is 1. The number of nitrogens with one attached hydrogen (secondary N) is 1. The first-order chi connectivity index (χ1) is 17.7. The van der Waals surface area contributed by atoms with Crippen molar-refractivity contribution in [3.05, 3.63) is 76.8 Å². The van der Waals surface area contributed by atoms with Gasteiger partial charge in [0.25, 0.3) is 5.91 Å². The highest BCUT2D eigenvalue weighted by Crippen LogP contribution is 2.39. The minimum Gasteiger partial charge on any atom is -0.495 e. The van der Waals surface area contributed by atoms with Gasteiger partial charge in [0.05, 0.1) is 51.4 Å². The number of sulfonamides is 1. The Kier molecular flexibility index (Phi) is 9.48. The molecule has 37 heavy (non-hydrogen) atoms. The van der Waals surface area contributed by atoms with Crippen LogP contribution in [0, 0.1) is 0 Å². The standard InChI is InChI=1S/C26H29ClN2O7S/c1-33-22-7-5-6-8-23(22)36-14-13-28-26(30)19-11-9-18(10-12-19)17-29(37(4,31)32)21-16-24(34-2)20(27)15-25(21)35-3/h5-12,15-16H,13-14,17H2,1-4H3,(H,28,30). The Morgan fingerprint density at radius 1 is 0.892 bits per heavy atom. The summed E-state index contributed by atoms with van der Waals surface area (Å²) >= 11 is 6.17. The van der Waals surface area contributed by atoms with Crippen LogP contribution < -0.4 is 28.6 Å². The van der Waals surface area contributed by atoms with Gasteiger partial charge in [0.15, 0.2) is 11.5 Å². The Morgan fingerprint density at radius 3 is 2.11 bits per heavy atom. The molecule has 11 heteroatoms. The van der Waals surface area contributed by atoms with Crippen LogP contribution in [0.15, 0.2) is 60.7 Å². The molecule has 1 N–H and O–H groups in total. The maximum Gasteiger partial charge on any atom is 0.251 e. The Morgan fingerprint density at radius 2 is 1.51 bits per heavy atom. The molecule has 0 aliphatic rings. The van der Waals surface area contributed by atoms with E-state index in [1.54, 1.807) is 43.5 Å². The quantitative estimate of drug-likeness (QED) is 0.339. The molecule has 0 fully saturated rings. The van der Waals surface area contributed by atoms with Gasteiger partial charge < -0.3 is 24.3 Å². The predicted octanol–water partition coefficient (Wildman–Crippen LogP) is 4.14. The molecule has 1 amide bonds. The lowest BCUT2D eigenvalue weighted by atomic mass is 10.1. The van der Waals surface area contributed by atoms with E-state index < -0.39 is 10.0 Å². The molecule has 0 heterocycles. The van der Waals surface area contributed by atoms with Crippen molar-refractivity contribution in [1.29, 1.82) is 0 Å². The van der Waals surface area contributed by atoms with E-state index >= 15 is 0 Å². The number of hydrogen-bond acceptors (Lipinski definition) is 7. The van der Waals surface area contributed by atoms with Crippen LogP contribution >= 0.6 is 11.6 Å². The second-order valence-corrected chi connectivity index (χ2v) is 10.2. The van der Waals surface area contributed by atoms with Crippen LogP contribution in [-0.4, -0.2) is 55.1 Å². The summed E-state index contributed by atoms with van der Waals surface area (Å²) in [4.78, 5) is 12.5. The second kappa shape index (κ2) is 12.6. The molecule has 0 saturated carbocycles. The van der Waals surface area contributed by atoms with Crippen LogP contribution in [0.2, 0.25) is 5.02 Å². The number of rotatable bonds is 12. The fraction of sp³-hybridized carbons (Fsp3) is 0.269. The zero-order chi connectivity index (χ0) is 27.0. The molecular weight excluding hydrogens is 520 g/mol. The molecule has 3 aromatic carbocycles. The van der Waals surface area contributed by atoms with Gasteiger partial charge in [-0.05, 0) is 29.8 Å². The Bertz CT molecular complexity index is 1330. The number of nitrogens with zero attached hydrogens (tertiary/aromatic N) is 1. The van der Waals surface area contributed by atoms with Crippen molar-refractivity contribution in [1.82, 2.24) is 5.32 Å². The van der Waals surface area contributed by atoms with E-state index in [0.29, 0.717) is 39.9 Å². The molecule has 0 aromatic heterocycles. The summed E-state index contributed by atoms with van der Waals surface area (Å²) in [5, 5.41) is 3.09. The largest absolute Gasteiger partial charge is 0.495 e. The first kappa shape index (κ1) is 27.9. The number of carbonyl (C=O) groups is 1. The first-order valence-electron chi connectivity index (χ1n) is 11.2. The van der Waals surface area contributed by atoms with Crippen LogP contribution in [0.5, 0.6) is 23.0 Å². The summed E-state index contributed by atoms with van der Waals surface area (Å²) in [7, 11) is 0.726. The lowest BCUT2D eigenvalue weighted by molar-refractivity contribution is 0.0946. The zero-order valence-electron chi connectivity index (χ0n) is 21.0. The van der Waals surface area contributed by atoms with Gasteiger partial charge >= 0.3 is 0 Å². The van der Waals surface area contributed by atoms with Crippen molar-refractivity contribution >= 4 is 33.2 Å². The SMILES string of the molecule is COc1cc(N(Cc2ccc(C(=O)NCCOc3ccccc3OC)cc2)S(C)(=O)=O)c(OC)cc1Cl. The fourth-order valence-electron chi connectivity index (χ4n) is 3.51. The monoisotopic (exact) mass is 548 g/mol. The average Bonchev–Trinajstić information content (AvgIpc) is 2.89. The third-order valence-corrected chi connectivity index (χ3v) is 6.80. The lowest BCUT2D eigenvalue weighted by Crippen LogP contribution is -2.30. The molecular formula is C26H29ClN2O7S. The molecule has 0 saturated heterocycles. The van der Waals surface area contributed by atoms with Crippen molar-refractivity contribution in [2.24, 2.45) is 0 Å². The fourth-order valence-corrected chi connectivity index (χ4v) is 4.63. The zero-order valence-corrected chi connectivity index (χ0v) is 22.6. The van der Waals surface area contributed by atoms with Crippen molar-refractivity contribution in [2.75, 3.05) is 45.0 Å². The summed E-state index contributed by atoms with van der Waals surface area (Å²) < 4.78 is 48.0.